The molecule has 0 aromatic heterocycles. The van der Waals surface area contributed by atoms with Crippen LogP contribution in [0.25, 0.3) is 0 Å². The van der Waals surface area contributed by atoms with Gasteiger partial charge in [0.05, 0.1) is 0 Å². The van der Waals surface area contributed by atoms with Gasteiger partial charge in [-0.25, -0.2) is 0 Å². The second kappa shape index (κ2) is 5.13. The highest BCUT2D eigenvalue weighted by Crippen LogP contribution is 2.20. The Morgan fingerprint density at radius 3 is 2.42 bits per heavy atom. The van der Waals surface area contributed by atoms with Gasteiger partial charge in [-0.05, 0) is 20.3 Å². The van der Waals surface area contributed by atoms with Crippen molar-refractivity contribution in [3.05, 3.63) is 12.7 Å². The Morgan fingerprint density at radius 2 is 2.00 bits per heavy atom. The zero-order chi connectivity index (χ0) is 9.61. The zero-order valence-corrected chi connectivity index (χ0v) is 8.52. The Balaban J connectivity index is 3.79. The van der Waals surface area contributed by atoms with Crippen LogP contribution in [0.15, 0.2) is 12.7 Å². The van der Waals surface area contributed by atoms with E-state index < -0.39 is 0 Å². The van der Waals surface area contributed by atoms with E-state index in [2.05, 4.69) is 13.5 Å². The number of Topliss-reactive ketones (excluding diaryl/α,β-unsaturated/α-hetero) is 1. The molecule has 0 radical (unpaired) electrons. The Bertz CT molecular complexity index is 156. The maximum absolute atomic E-state index is 11.5. The van der Waals surface area contributed by atoms with Crippen LogP contribution in [-0.4, -0.2) is 5.78 Å². The third-order valence-corrected chi connectivity index (χ3v) is 2.24. The first kappa shape index (κ1) is 11.4. The second-order valence-corrected chi connectivity index (χ2v) is 3.81. The van der Waals surface area contributed by atoms with E-state index in [4.69, 9.17) is 0 Å². The van der Waals surface area contributed by atoms with E-state index >= 15 is 0 Å². The molecule has 12 heavy (non-hydrogen) atoms. The molecule has 70 valence electrons. The summed E-state index contributed by atoms with van der Waals surface area (Å²) < 4.78 is 0. The van der Waals surface area contributed by atoms with Crippen molar-refractivity contribution in [3.8, 4) is 0 Å². The van der Waals surface area contributed by atoms with Gasteiger partial charge < -0.3 is 0 Å². The van der Waals surface area contributed by atoms with E-state index in [0.717, 1.165) is 12.8 Å². The molecule has 0 rings (SSSR count). The topological polar surface area (TPSA) is 17.1 Å². The molecule has 0 atom stereocenters. The van der Waals surface area contributed by atoms with Crippen LogP contribution in [0.5, 0.6) is 0 Å². The Kier molecular flexibility index (Phi) is 4.87. The third-order valence-electron chi connectivity index (χ3n) is 2.24. The summed E-state index contributed by atoms with van der Waals surface area (Å²) in [5.74, 6) is 0.311. The molecule has 0 aliphatic carbocycles. The number of unbranched alkanes of at least 4 members (excludes halogenated alkanes) is 2. The van der Waals surface area contributed by atoms with Gasteiger partial charge in [-0.2, -0.15) is 0 Å². The summed E-state index contributed by atoms with van der Waals surface area (Å²) in [5.41, 5.74) is -0.326. The van der Waals surface area contributed by atoms with Gasteiger partial charge in [0.25, 0.3) is 0 Å². The SMILES string of the molecule is C=CC(C)(C)C(=O)CCCCC. The maximum atomic E-state index is 11.5. The lowest BCUT2D eigenvalue weighted by atomic mass is 9.86. The summed E-state index contributed by atoms with van der Waals surface area (Å²) >= 11 is 0. The monoisotopic (exact) mass is 168 g/mol. The van der Waals surface area contributed by atoms with Crippen LogP contribution in [0.4, 0.5) is 0 Å². The molecule has 0 heterocycles. The number of carbonyl (C=O) groups is 1. The summed E-state index contributed by atoms with van der Waals surface area (Å²) in [6.45, 7) is 9.65. The van der Waals surface area contributed by atoms with Gasteiger partial charge >= 0.3 is 0 Å². The first-order valence-electron chi connectivity index (χ1n) is 4.71. The molecule has 0 spiro atoms. The van der Waals surface area contributed by atoms with Crippen molar-refractivity contribution in [2.75, 3.05) is 0 Å². The fourth-order valence-electron chi connectivity index (χ4n) is 0.972. The third kappa shape index (κ3) is 3.70. The van der Waals surface area contributed by atoms with Crippen LogP contribution < -0.4 is 0 Å². The van der Waals surface area contributed by atoms with Crippen molar-refractivity contribution >= 4 is 5.78 Å². The fourth-order valence-corrected chi connectivity index (χ4v) is 0.972. The normalized spacial score (nSPS) is 11.2. The minimum Gasteiger partial charge on any atom is -0.299 e. The second-order valence-electron chi connectivity index (χ2n) is 3.81. The lowest BCUT2D eigenvalue weighted by Gasteiger charge is -2.17. The minimum absolute atomic E-state index is 0.311. The van der Waals surface area contributed by atoms with Gasteiger partial charge in [-0.3, -0.25) is 4.79 Å². The molecule has 1 nitrogen and oxygen atoms in total. The van der Waals surface area contributed by atoms with Crippen molar-refractivity contribution < 1.29 is 4.79 Å². The van der Waals surface area contributed by atoms with Crippen LogP contribution in [0.3, 0.4) is 0 Å². The average Bonchev–Trinajstić information content (AvgIpc) is 2.05. The van der Waals surface area contributed by atoms with E-state index in [-0.39, 0.29) is 5.41 Å². The van der Waals surface area contributed by atoms with Crippen molar-refractivity contribution in [3.63, 3.8) is 0 Å². The fraction of sp³-hybridized carbons (Fsp3) is 0.727. The molecule has 0 amide bonds. The first-order valence-corrected chi connectivity index (χ1v) is 4.71. The minimum atomic E-state index is -0.326. The number of allylic oxidation sites excluding steroid dienone is 1. The van der Waals surface area contributed by atoms with Crippen LogP contribution in [-0.2, 0) is 4.79 Å². The molecule has 0 aliphatic heterocycles. The number of ketones is 1. The standard InChI is InChI=1S/C11H20O/c1-5-7-8-9-10(12)11(3,4)6-2/h6H,2,5,7-9H2,1,3-4H3. The summed E-state index contributed by atoms with van der Waals surface area (Å²) in [4.78, 5) is 11.5. The molecular weight excluding hydrogens is 148 g/mol. The van der Waals surface area contributed by atoms with E-state index in [0.29, 0.717) is 12.2 Å². The molecule has 1 heteroatoms. The van der Waals surface area contributed by atoms with Crippen molar-refractivity contribution in [2.45, 2.75) is 46.5 Å². The number of carbonyl (C=O) groups excluding carboxylic acids is 1. The zero-order valence-electron chi connectivity index (χ0n) is 8.52. The number of rotatable bonds is 6. The first-order chi connectivity index (χ1) is 5.54. The van der Waals surface area contributed by atoms with Crippen LogP contribution >= 0.6 is 0 Å². The summed E-state index contributed by atoms with van der Waals surface area (Å²) in [7, 11) is 0. The Hall–Kier alpha value is -0.590. The van der Waals surface area contributed by atoms with E-state index in [1.54, 1.807) is 6.08 Å². The van der Waals surface area contributed by atoms with Gasteiger partial charge in [-0.1, -0.05) is 25.8 Å². The van der Waals surface area contributed by atoms with Crippen LogP contribution in [0.1, 0.15) is 46.5 Å². The van der Waals surface area contributed by atoms with Crippen molar-refractivity contribution in [1.29, 1.82) is 0 Å². The lowest BCUT2D eigenvalue weighted by molar-refractivity contribution is -0.125. The van der Waals surface area contributed by atoms with E-state index in [9.17, 15) is 4.79 Å². The smallest absolute Gasteiger partial charge is 0.142 e. The van der Waals surface area contributed by atoms with Gasteiger partial charge in [0, 0.05) is 11.8 Å². The van der Waals surface area contributed by atoms with Crippen molar-refractivity contribution in [2.24, 2.45) is 5.41 Å². The summed E-state index contributed by atoms with van der Waals surface area (Å²) in [6, 6.07) is 0. The molecule has 0 fully saturated rings. The van der Waals surface area contributed by atoms with Crippen LogP contribution in [0, 0.1) is 5.41 Å². The molecule has 0 aromatic rings. The summed E-state index contributed by atoms with van der Waals surface area (Å²) in [6.07, 6.45) is 5.78. The van der Waals surface area contributed by atoms with Crippen LogP contribution in [0.2, 0.25) is 0 Å². The molecule has 0 saturated carbocycles. The highest BCUT2D eigenvalue weighted by Gasteiger charge is 2.22. The predicted octanol–water partition coefficient (Wildman–Crippen LogP) is 3.35. The summed E-state index contributed by atoms with van der Waals surface area (Å²) in [5, 5.41) is 0. The quantitative estimate of drug-likeness (QED) is 0.439. The molecule has 0 saturated heterocycles. The predicted molar refractivity (Wildman–Crippen MR) is 53.1 cm³/mol. The average molecular weight is 168 g/mol. The van der Waals surface area contributed by atoms with Gasteiger partial charge in [0.1, 0.15) is 5.78 Å². The highest BCUT2D eigenvalue weighted by atomic mass is 16.1. The molecule has 0 unspecified atom stereocenters. The number of hydrogen-bond acceptors (Lipinski definition) is 1. The van der Waals surface area contributed by atoms with Gasteiger partial charge in [-0.15, -0.1) is 6.58 Å². The molecule has 0 N–H and O–H groups in total. The largest absolute Gasteiger partial charge is 0.299 e. The number of hydrogen-bond donors (Lipinski definition) is 0. The molecule has 0 aliphatic rings. The van der Waals surface area contributed by atoms with Gasteiger partial charge in [0.15, 0.2) is 0 Å². The van der Waals surface area contributed by atoms with Crippen molar-refractivity contribution in [1.82, 2.24) is 0 Å². The molecular formula is C11H20O. The maximum Gasteiger partial charge on any atom is 0.142 e. The lowest BCUT2D eigenvalue weighted by Crippen LogP contribution is -2.20. The Morgan fingerprint density at radius 1 is 1.42 bits per heavy atom. The molecule has 0 aromatic carbocycles. The highest BCUT2D eigenvalue weighted by molar-refractivity contribution is 5.85. The van der Waals surface area contributed by atoms with E-state index in [1.807, 2.05) is 13.8 Å². The molecule has 0 bridgehead atoms. The Labute approximate surface area is 75.9 Å². The van der Waals surface area contributed by atoms with E-state index in [1.165, 1.54) is 6.42 Å². The van der Waals surface area contributed by atoms with Gasteiger partial charge in [0.2, 0.25) is 0 Å².